The number of thioether (sulfide) groups is 1. The van der Waals surface area contributed by atoms with Gasteiger partial charge in [-0.3, -0.25) is 0 Å². The van der Waals surface area contributed by atoms with Gasteiger partial charge in [0.05, 0.1) is 16.8 Å². The zero-order valence-corrected chi connectivity index (χ0v) is 12.3. The van der Waals surface area contributed by atoms with Crippen molar-refractivity contribution in [2.45, 2.75) is 23.8 Å². The zero-order chi connectivity index (χ0) is 13.8. The van der Waals surface area contributed by atoms with Gasteiger partial charge >= 0.3 is 6.03 Å². The normalized spacial score (nSPS) is 19.3. The van der Waals surface area contributed by atoms with E-state index >= 15 is 0 Å². The Morgan fingerprint density at radius 1 is 1.58 bits per heavy atom. The van der Waals surface area contributed by atoms with E-state index in [4.69, 9.17) is 11.6 Å². The quantitative estimate of drug-likeness (QED) is 0.825. The van der Waals surface area contributed by atoms with Crippen molar-refractivity contribution in [3.05, 3.63) is 23.2 Å². The average molecular weight is 301 g/mol. The third-order valence-electron chi connectivity index (χ3n) is 3.10. The van der Waals surface area contributed by atoms with Crippen LogP contribution in [0.1, 0.15) is 12.8 Å². The summed E-state index contributed by atoms with van der Waals surface area (Å²) >= 11 is 7.59. The number of amides is 2. The number of nitrogens with zero attached hydrogens (tertiary/aromatic N) is 1. The Bertz CT molecular complexity index is 470. The monoisotopic (exact) mass is 300 g/mol. The number of urea groups is 1. The van der Waals surface area contributed by atoms with E-state index < -0.39 is 6.10 Å². The molecule has 1 saturated heterocycles. The summed E-state index contributed by atoms with van der Waals surface area (Å²) in [5.41, 5.74) is 0.713. The van der Waals surface area contributed by atoms with Crippen molar-refractivity contribution in [2.75, 3.05) is 24.7 Å². The summed E-state index contributed by atoms with van der Waals surface area (Å²) < 4.78 is 0. The van der Waals surface area contributed by atoms with E-state index in [0.717, 1.165) is 17.7 Å². The number of likely N-dealkylation sites (tertiary alicyclic amines) is 1. The first kappa shape index (κ1) is 14.5. The molecule has 6 heteroatoms. The Morgan fingerprint density at radius 3 is 3.05 bits per heavy atom. The van der Waals surface area contributed by atoms with E-state index in [1.54, 1.807) is 11.0 Å². The molecule has 1 aromatic rings. The minimum Gasteiger partial charge on any atom is -0.391 e. The molecule has 19 heavy (non-hydrogen) atoms. The van der Waals surface area contributed by atoms with Crippen LogP contribution in [0.2, 0.25) is 5.02 Å². The highest BCUT2D eigenvalue weighted by Crippen LogP contribution is 2.32. The number of benzene rings is 1. The summed E-state index contributed by atoms with van der Waals surface area (Å²) in [7, 11) is 0. The van der Waals surface area contributed by atoms with Crippen LogP contribution in [0.3, 0.4) is 0 Å². The summed E-state index contributed by atoms with van der Waals surface area (Å²) in [6.45, 7) is 1.07. The molecular weight excluding hydrogens is 284 g/mol. The highest BCUT2D eigenvalue weighted by atomic mass is 35.5. The molecule has 1 fully saturated rings. The van der Waals surface area contributed by atoms with Crippen LogP contribution in [0.25, 0.3) is 0 Å². The van der Waals surface area contributed by atoms with Crippen LogP contribution in [0, 0.1) is 0 Å². The molecule has 1 aromatic carbocycles. The molecule has 0 bridgehead atoms. The standard InChI is InChI=1S/C13H17ClN2O2S/c1-19-12-10(14)5-2-6-11(12)15-13(18)16-7-3-4-9(17)8-16/h2,5-6,9,17H,3-4,7-8H2,1H3,(H,15,18)/t9-/m0/s1. The average Bonchev–Trinajstić information content (AvgIpc) is 2.39. The van der Waals surface area contributed by atoms with Gasteiger partial charge in [0.25, 0.3) is 0 Å². The van der Waals surface area contributed by atoms with Gasteiger partial charge in [-0.2, -0.15) is 0 Å². The van der Waals surface area contributed by atoms with E-state index in [1.807, 2.05) is 18.4 Å². The summed E-state index contributed by atoms with van der Waals surface area (Å²) in [6, 6.07) is 5.25. The molecule has 0 aromatic heterocycles. The smallest absolute Gasteiger partial charge is 0.321 e. The second-order valence-electron chi connectivity index (χ2n) is 4.49. The predicted octanol–water partition coefficient (Wildman–Crippen LogP) is 3.05. The van der Waals surface area contributed by atoms with Gasteiger partial charge in [-0.15, -0.1) is 11.8 Å². The number of β-amino-alcohol motifs (C(OH)–C–C–N with tert-alkyl or cyclic N) is 1. The maximum Gasteiger partial charge on any atom is 0.321 e. The summed E-state index contributed by atoms with van der Waals surface area (Å²) in [5, 5.41) is 13.1. The first-order valence-electron chi connectivity index (χ1n) is 6.18. The molecule has 0 radical (unpaired) electrons. The second kappa shape index (κ2) is 6.50. The number of anilines is 1. The highest BCUT2D eigenvalue weighted by Gasteiger charge is 2.22. The molecule has 4 nitrogen and oxygen atoms in total. The number of hydrogen-bond acceptors (Lipinski definition) is 3. The number of piperidine rings is 1. The van der Waals surface area contributed by atoms with Crippen LogP contribution >= 0.6 is 23.4 Å². The molecule has 1 aliphatic rings. The van der Waals surface area contributed by atoms with E-state index in [2.05, 4.69) is 5.32 Å². The number of carbonyl (C=O) groups excluding carboxylic acids is 1. The Hall–Kier alpha value is -0.910. The lowest BCUT2D eigenvalue weighted by Gasteiger charge is -2.30. The van der Waals surface area contributed by atoms with E-state index in [0.29, 0.717) is 23.8 Å². The number of aliphatic hydroxyl groups is 1. The lowest BCUT2D eigenvalue weighted by molar-refractivity contribution is 0.0883. The maximum absolute atomic E-state index is 12.1. The molecule has 2 amide bonds. The van der Waals surface area contributed by atoms with Crippen molar-refractivity contribution in [1.29, 1.82) is 0 Å². The zero-order valence-electron chi connectivity index (χ0n) is 10.7. The van der Waals surface area contributed by atoms with E-state index in [1.165, 1.54) is 11.8 Å². The first-order valence-corrected chi connectivity index (χ1v) is 7.78. The maximum atomic E-state index is 12.1. The first-order chi connectivity index (χ1) is 9.11. The van der Waals surface area contributed by atoms with Crippen LogP contribution in [-0.2, 0) is 0 Å². The SMILES string of the molecule is CSc1c(Cl)cccc1NC(=O)N1CCC[C@H](O)C1. The summed E-state index contributed by atoms with van der Waals surface area (Å²) in [5.74, 6) is 0. The summed E-state index contributed by atoms with van der Waals surface area (Å²) in [6.07, 6.45) is 3.09. The van der Waals surface area contributed by atoms with Gasteiger partial charge < -0.3 is 15.3 Å². The van der Waals surface area contributed by atoms with Gasteiger partial charge in [0.1, 0.15) is 0 Å². The van der Waals surface area contributed by atoms with Gasteiger partial charge in [-0.05, 0) is 31.2 Å². The number of hydrogen-bond donors (Lipinski definition) is 2. The van der Waals surface area contributed by atoms with Crippen molar-refractivity contribution >= 4 is 35.1 Å². The molecule has 1 atom stereocenters. The van der Waals surface area contributed by atoms with Crippen molar-refractivity contribution in [1.82, 2.24) is 4.90 Å². The Morgan fingerprint density at radius 2 is 2.37 bits per heavy atom. The lowest BCUT2D eigenvalue weighted by atomic mass is 10.1. The molecule has 0 unspecified atom stereocenters. The number of aliphatic hydroxyl groups excluding tert-OH is 1. The van der Waals surface area contributed by atoms with E-state index in [9.17, 15) is 9.90 Å². The molecule has 0 saturated carbocycles. The van der Waals surface area contributed by atoms with Crippen LogP contribution in [-0.4, -0.2) is 41.5 Å². The fraction of sp³-hybridized carbons (Fsp3) is 0.462. The van der Waals surface area contributed by atoms with Gasteiger partial charge in [0.15, 0.2) is 0 Å². The minimum atomic E-state index is -0.418. The number of carbonyl (C=O) groups is 1. The van der Waals surface area contributed by atoms with Crippen molar-refractivity contribution in [2.24, 2.45) is 0 Å². The molecular formula is C13H17ClN2O2S. The highest BCUT2D eigenvalue weighted by molar-refractivity contribution is 7.98. The molecule has 2 rings (SSSR count). The lowest BCUT2D eigenvalue weighted by Crippen LogP contribution is -2.44. The largest absolute Gasteiger partial charge is 0.391 e. The second-order valence-corrected chi connectivity index (χ2v) is 5.72. The third-order valence-corrected chi connectivity index (χ3v) is 4.37. The van der Waals surface area contributed by atoms with Gasteiger partial charge in [-0.25, -0.2) is 4.79 Å². The van der Waals surface area contributed by atoms with Gasteiger partial charge in [-0.1, -0.05) is 17.7 Å². The van der Waals surface area contributed by atoms with E-state index in [-0.39, 0.29) is 6.03 Å². The molecule has 1 heterocycles. The Labute approximate surface area is 122 Å². The Kier molecular flexibility index (Phi) is 4.96. The summed E-state index contributed by atoms with van der Waals surface area (Å²) in [4.78, 5) is 14.6. The fourth-order valence-corrected chi connectivity index (χ4v) is 3.16. The fourth-order valence-electron chi connectivity index (χ4n) is 2.15. The topological polar surface area (TPSA) is 52.6 Å². The molecule has 0 spiro atoms. The molecule has 2 N–H and O–H groups in total. The molecule has 1 aliphatic heterocycles. The third kappa shape index (κ3) is 3.55. The van der Waals surface area contributed by atoms with Crippen LogP contribution in [0.15, 0.2) is 23.1 Å². The van der Waals surface area contributed by atoms with Crippen molar-refractivity contribution in [3.8, 4) is 0 Å². The van der Waals surface area contributed by atoms with Crippen LogP contribution in [0.5, 0.6) is 0 Å². The minimum absolute atomic E-state index is 0.184. The van der Waals surface area contributed by atoms with Crippen molar-refractivity contribution in [3.63, 3.8) is 0 Å². The van der Waals surface area contributed by atoms with Gasteiger partial charge in [0, 0.05) is 18.0 Å². The molecule has 104 valence electrons. The Balaban J connectivity index is 2.08. The van der Waals surface area contributed by atoms with Crippen LogP contribution in [0.4, 0.5) is 10.5 Å². The number of nitrogens with one attached hydrogen (secondary N) is 1. The molecule has 0 aliphatic carbocycles. The van der Waals surface area contributed by atoms with Crippen LogP contribution < -0.4 is 5.32 Å². The van der Waals surface area contributed by atoms with Crippen molar-refractivity contribution < 1.29 is 9.90 Å². The predicted molar refractivity (Wildman–Crippen MR) is 79.1 cm³/mol. The van der Waals surface area contributed by atoms with Gasteiger partial charge in [0.2, 0.25) is 0 Å². The number of halogens is 1. The number of rotatable bonds is 2.